The van der Waals surface area contributed by atoms with Crippen LogP contribution in [-0.2, 0) is 10.8 Å². The van der Waals surface area contributed by atoms with Crippen LogP contribution in [0.25, 0.3) is 0 Å². The Balaban J connectivity index is 2.54. The van der Waals surface area contributed by atoms with Gasteiger partial charge in [0.2, 0.25) is 0 Å². The van der Waals surface area contributed by atoms with Crippen molar-refractivity contribution in [2.24, 2.45) is 0 Å². The number of halogens is 1. The highest BCUT2D eigenvalue weighted by molar-refractivity contribution is 9.10. The predicted octanol–water partition coefficient (Wildman–Crippen LogP) is 1.98. The molecule has 1 N–H and O–H groups in total. The van der Waals surface area contributed by atoms with Crippen molar-refractivity contribution in [3.05, 3.63) is 22.7 Å². The van der Waals surface area contributed by atoms with Gasteiger partial charge in [0.1, 0.15) is 0 Å². The molecule has 12 heavy (non-hydrogen) atoms. The Kier molecular flexibility index (Phi) is 2.19. The van der Waals surface area contributed by atoms with E-state index in [4.69, 9.17) is 0 Å². The van der Waals surface area contributed by atoms with Crippen LogP contribution < -0.4 is 5.32 Å². The van der Waals surface area contributed by atoms with E-state index in [2.05, 4.69) is 21.2 Å². The third kappa shape index (κ3) is 1.41. The summed E-state index contributed by atoms with van der Waals surface area (Å²) in [5, 5.41) is 3.21. The maximum Gasteiger partial charge on any atom is 0.0631 e. The van der Waals surface area contributed by atoms with Crippen molar-refractivity contribution in [3.8, 4) is 0 Å². The second kappa shape index (κ2) is 3.18. The van der Waals surface area contributed by atoms with Gasteiger partial charge in [0.05, 0.1) is 21.4 Å². The molecule has 4 heteroatoms. The fourth-order valence-electron chi connectivity index (χ4n) is 1.22. The molecule has 0 saturated carbocycles. The number of hydrogen-bond acceptors (Lipinski definition) is 2. The van der Waals surface area contributed by atoms with Gasteiger partial charge in [-0.15, -0.1) is 0 Å². The first-order chi connectivity index (χ1) is 5.77. The SMILES string of the molecule is O=S1CCNc2ccc(Br)cc21. The van der Waals surface area contributed by atoms with Crippen LogP contribution in [0.4, 0.5) is 5.69 Å². The molecule has 0 spiro atoms. The lowest BCUT2D eigenvalue weighted by Crippen LogP contribution is -2.18. The van der Waals surface area contributed by atoms with Crippen LogP contribution in [0, 0.1) is 0 Å². The quantitative estimate of drug-likeness (QED) is 0.758. The van der Waals surface area contributed by atoms with E-state index in [0.29, 0.717) is 5.75 Å². The Morgan fingerprint density at radius 3 is 3.17 bits per heavy atom. The molecule has 0 radical (unpaired) electrons. The van der Waals surface area contributed by atoms with Crippen molar-refractivity contribution >= 4 is 32.4 Å². The van der Waals surface area contributed by atoms with Crippen molar-refractivity contribution in [2.45, 2.75) is 4.90 Å². The lowest BCUT2D eigenvalue weighted by atomic mass is 10.3. The highest BCUT2D eigenvalue weighted by Gasteiger charge is 2.14. The van der Waals surface area contributed by atoms with E-state index in [1.54, 1.807) is 0 Å². The molecule has 1 aliphatic rings. The third-order valence-electron chi connectivity index (χ3n) is 1.79. The van der Waals surface area contributed by atoms with E-state index < -0.39 is 10.8 Å². The normalized spacial score (nSPS) is 21.2. The molecule has 2 nitrogen and oxygen atoms in total. The average Bonchev–Trinajstić information content (AvgIpc) is 2.07. The van der Waals surface area contributed by atoms with E-state index in [-0.39, 0.29) is 0 Å². The van der Waals surface area contributed by atoms with Crippen molar-refractivity contribution in [1.82, 2.24) is 0 Å². The van der Waals surface area contributed by atoms with Gasteiger partial charge >= 0.3 is 0 Å². The molecule has 1 aliphatic heterocycles. The number of benzene rings is 1. The van der Waals surface area contributed by atoms with E-state index in [0.717, 1.165) is 21.6 Å². The van der Waals surface area contributed by atoms with Crippen LogP contribution in [0.2, 0.25) is 0 Å². The second-order valence-corrected chi connectivity index (χ2v) is 5.07. The van der Waals surface area contributed by atoms with E-state index in [1.807, 2.05) is 18.2 Å². The summed E-state index contributed by atoms with van der Waals surface area (Å²) >= 11 is 3.36. The van der Waals surface area contributed by atoms with Gasteiger partial charge in [-0.05, 0) is 18.2 Å². The zero-order chi connectivity index (χ0) is 8.55. The van der Waals surface area contributed by atoms with E-state index >= 15 is 0 Å². The minimum Gasteiger partial charge on any atom is -0.383 e. The highest BCUT2D eigenvalue weighted by atomic mass is 79.9. The molecule has 0 aromatic heterocycles. The number of anilines is 1. The van der Waals surface area contributed by atoms with Crippen LogP contribution in [0.15, 0.2) is 27.6 Å². The van der Waals surface area contributed by atoms with Gasteiger partial charge in [0.15, 0.2) is 0 Å². The standard InChI is InChI=1S/C8H8BrNOS/c9-6-1-2-7-8(5-6)12(11)4-3-10-7/h1-2,5,10H,3-4H2. The Morgan fingerprint density at radius 1 is 1.50 bits per heavy atom. The first kappa shape index (κ1) is 8.26. The largest absolute Gasteiger partial charge is 0.383 e. The van der Waals surface area contributed by atoms with Gasteiger partial charge in [-0.2, -0.15) is 0 Å². The Bertz CT molecular complexity index is 340. The molecule has 1 unspecified atom stereocenters. The van der Waals surface area contributed by atoms with Crippen molar-refractivity contribution < 1.29 is 4.21 Å². The van der Waals surface area contributed by atoms with Crippen LogP contribution in [0.3, 0.4) is 0 Å². The van der Waals surface area contributed by atoms with Crippen LogP contribution in [-0.4, -0.2) is 16.5 Å². The summed E-state index contributed by atoms with van der Waals surface area (Å²) < 4.78 is 12.5. The summed E-state index contributed by atoms with van der Waals surface area (Å²) in [6.07, 6.45) is 0. The van der Waals surface area contributed by atoms with Crippen LogP contribution in [0.1, 0.15) is 0 Å². The lowest BCUT2D eigenvalue weighted by molar-refractivity contribution is 0.682. The fraction of sp³-hybridized carbons (Fsp3) is 0.250. The molecule has 64 valence electrons. The molecule has 1 aromatic carbocycles. The molecule has 0 fully saturated rings. The second-order valence-electron chi connectivity index (χ2n) is 2.62. The summed E-state index contributed by atoms with van der Waals surface area (Å²) in [4.78, 5) is 0.913. The first-order valence-electron chi connectivity index (χ1n) is 3.69. The smallest absolute Gasteiger partial charge is 0.0631 e. The van der Waals surface area contributed by atoms with Crippen molar-refractivity contribution in [1.29, 1.82) is 0 Å². The lowest BCUT2D eigenvalue weighted by Gasteiger charge is -2.16. The Morgan fingerprint density at radius 2 is 2.33 bits per heavy atom. The first-order valence-corrected chi connectivity index (χ1v) is 5.80. The monoisotopic (exact) mass is 245 g/mol. The zero-order valence-electron chi connectivity index (χ0n) is 6.34. The molecule has 0 aliphatic carbocycles. The number of fused-ring (bicyclic) bond motifs is 1. The molecular formula is C8H8BrNOS. The number of nitrogens with one attached hydrogen (secondary N) is 1. The number of rotatable bonds is 0. The average molecular weight is 246 g/mol. The molecule has 0 amide bonds. The van der Waals surface area contributed by atoms with Crippen LogP contribution >= 0.6 is 15.9 Å². The van der Waals surface area contributed by atoms with E-state index in [1.165, 1.54) is 0 Å². The molecule has 0 saturated heterocycles. The van der Waals surface area contributed by atoms with Gasteiger partial charge in [-0.1, -0.05) is 15.9 Å². The predicted molar refractivity (Wildman–Crippen MR) is 53.9 cm³/mol. The zero-order valence-corrected chi connectivity index (χ0v) is 8.74. The molecule has 1 heterocycles. The van der Waals surface area contributed by atoms with Gasteiger partial charge in [0.25, 0.3) is 0 Å². The summed E-state index contributed by atoms with van der Waals surface area (Å²) in [5.41, 5.74) is 1.00. The summed E-state index contributed by atoms with van der Waals surface area (Å²) in [5.74, 6) is 0.712. The minimum absolute atomic E-state index is 0.712. The molecule has 2 rings (SSSR count). The summed E-state index contributed by atoms with van der Waals surface area (Å²) in [7, 11) is -0.818. The van der Waals surface area contributed by atoms with Crippen LogP contribution in [0.5, 0.6) is 0 Å². The summed E-state index contributed by atoms with van der Waals surface area (Å²) in [6, 6.07) is 5.82. The van der Waals surface area contributed by atoms with Crippen molar-refractivity contribution in [3.63, 3.8) is 0 Å². The topological polar surface area (TPSA) is 29.1 Å². The Hall–Kier alpha value is -0.350. The van der Waals surface area contributed by atoms with Gasteiger partial charge in [-0.3, -0.25) is 4.21 Å². The maximum atomic E-state index is 11.5. The van der Waals surface area contributed by atoms with E-state index in [9.17, 15) is 4.21 Å². The number of hydrogen-bond donors (Lipinski definition) is 1. The maximum absolute atomic E-state index is 11.5. The molecule has 0 bridgehead atoms. The minimum atomic E-state index is -0.818. The van der Waals surface area contributed by atoms with Gasteiger partial charge in [0, 0.05) is 16.8 Å². The Labute approximate surface area is 81.9 Å². The third-order valence-corrected chi connectivity index (χ3v) is 3.69. The molecule has 1 atom stereocenters. The molecular weight excluding hydrogens is 238 g/mol. The highest BCUT2D eigenvalue weighted by Crippen LogP contribution is 2.26. The molecule has 1 aromatic rings. The fourth-order valence-corrected chi connectivity index (χ4v) is 2.88. The van der Waals surface area contributed by atoms with Crippen molar-refractivity contribution in [2.75, 3.05) is 17.6 Å². The van der Waals surface area contributed by atoms with Gasteiger partial charge < -0.3 is 5.32 Å². The summed E-state index contributed by atoms with van der Waals surface area (Å²) in [6.45, 7) is 0.807. The van der Waals surface area contributed by atoms with Gasteiger partial charge in [-0.25, -0.2) is 0 Å².